The van der Waals surface area contributed by atoms with Gasteiger partial charge < -0.3 is 9.64 Å². The molecule has 1 fully saturated rings. The molecule has 10 heteroatoms. The summed E-state index contributed by atoms with van der Waals surface area (Å²) in [6.07, 6.45) is 0.141. The number of rotatable bonds is 7. The molecule has 0 spiro atoms. The third-order valence-electron chi connectivity index (χ3n) is 4.96. The first-order valence-electron chi connectivity index (χ1n) is 9.70. The van der Waals surface area contributed by atoms with Crippen molar-refractivity contribution in [3.63, 3.8) is 0 Å². The SMILES string of the molecule is O=C(CCc1ccccc1F)OCC(=O)N1CCN(S(=O)(=O)c2ccc(Cl)cc2)CC1. The van der Waals surface area contributed by atoms with E-state index in [9.17, 15) is 22.4 Å². The van der Waals surface area contributed by atoms with Gasteiger partial charge in [0.1, 0.15) is 5.82 Å². The van der Waals surface area contributed by atoms with Crippen LogP contribution in [-0.2, 0) is 30.8 Å². The Morgan fingerprint density at radius 1 is 1.00 bits per heavy atom. The van der Waals surface area contributed by atoms with E-state index < -0.39 is 34.3 Å². The standard InChI is InChI=1S/C21H22ClFN2O5S/c22-17-6-8-18(9-7-17)31(28,29)25-13-11-24(12-14-25)20(26)15-30-21(27)10-5-16-3-1-2-4-19(16)23/h1-4,6-9H,5,10-15H2. The van der Waals surface area contributed by atoms with Crippen LogP contribution in [-0.4, -0.2) is 62.3 Å². The van der Waals surface area contributed by atoms with Gasteiger partial charge in [-0.3, -0.25) is 9.59 Å². The fraction of sp³-hybridized carbons (Fsp3) is 0.333. The molecule has 0 N–H and O–H groups in total. The molecule has 0 unspecified atom stereocenters. The normalized spacial score (nSPS) is 15.0. The van der Waals surface area contributed by atoms with Crippen molar-refractivity contribution < 1.29 is 27.1 Å². The molecule has 0 aromatic heterocycles. The van der Waals surface area contributed by atoms with E-state index in [-0.39, 0.29) is 43.9 Å². The van der Waals surface area contributed by atoms with E-state index in [0.717, 1.165) is 0 Å². The number of benzene rings is 2. The molecule has 7 nitrogen and oxygen atoms in total. The Balaban J connectivity index is 1.44. The largest absolute Gasteiger partial charge is 0.456 e. The van der Waals surface area contributed by atoms with Crippen LogP contribution >= 0.6 is 11.6 Å². The van der Waals surface area contributed by atoms with E-state index in [1.54, 1.807) is 18.2 Å². The number of nitrogens with zero attached hydrogens (tertiary/aromatic N) is 2. The Morgan fingerprint density at radius 3 is 2.29 bits per heavy atom. The molecule has 0 radical (unpaired) electrons. The first kappa shape index (κ1) is 23.2. The summed E-state index contributed by atoms with van der Waals surface area (Å²) >= 11 is 5.81. The van der Waals surface area contributed by atoms with Gasteiger partial charge in [-0.2, -0.15) is 4.31 Å². The number of hydrogen-bond donors (Lipinski definition) is 0. The zero-order valence-electron chi connectivity index (χ0n) is 16.7. The summed E-state index contributed by atoms with van der Waals surface area (Å²) in [5.74, 6) is -1.39. The van der Waals surface area contributed by atoms with Gasteiger partial charge in [0, 0.05) is 37.6 Å². The summed E-state index contributed by atoms with van der Waals surface area (Å²) in [4.78, 5) is 25.8. The third-order valence-corrected chi connectivity index (χ3v) is 7.12. The third kappa shape index (κ3) is 6.03. The molecule has 0 saturated carbocycles. The molecule has 31 heavy (non-hydrogen) atoms. The van der Waals surface area contributed by atoms with Gasteiger partial charge in [-0.1, -0.05) is 29.8 Å². The van der Waals surface area contributed by atoms with Crippen LogP contribution in [0.15, 0.2) is 53.4 Å². The van der Waals surface area contributed by atoms with Crippen LogP contribution in [0.3, 0.4) is 0 Å². The lowest BCUT2D eigenvalue weighted by Gasteiger charge is -2.33. The minimum Gasteiger partial charge on any atom is -0.456 e. The predicted octanol–water partition coefficient (Wildman–Crippen LogP) is 2.49. The highest BCUT2D eigenvalue weighted by atomic mass is 35.5. The Morgan fingerprint density at radius 2 is 1.65 bits per heavy atom. The van der Waals surface area contributed by atoms with Gasteiger partial charge in [0.15, 0.2) is 6.61 Å². The summed E-state index contributed by atoms with van der Waals surface area (Å²) in [7, 11) is -3.67. The van der Waals surface area contributed by atoms with Crippen molar-refractivity contribution in [2.24, 2.45) is 0 Å². The van der Waals surface area contributed by atoms with Crippen LogP contribution in [0.25, 0.3) is 0 Å². The number of piperazine rings is 1. The first-order valence-corrected chi connectivity index (χ1v) is 11.5. The molecular weight excluding hydrogens is 447 g/mol. The van der Waals surface area contributed by atoms with Gasteiger partial charge in [-0.25, -0.2) is 12.8 Å². The second-order valence-electron chi connectivity index (χ2n) is 6.99. The molecule has 1 aliphatic rings. The molecule has 2 aromatic carbocycles. The van der Waals surface area contributed by atoms with Gasteiger partial charge in [-0.05, 0) is 42.3 Å². The van der Waals surface area contributed by atoms with Crippen molar-refractivity contribution in [1.82, 2.24) is 9.21 Å². The number of carbonyl (C=O) groups excluding carboxylic acids is 2. The smallest absolute Gasteiger partial charge is 0.306 e. The topological polar surface area (TPSA) is 84.0 Å². The second kappa shape index (κ2) is 10.2. The van der Waals surface area contributed by atoms with Gasteiger partial charge in [-0.15, -0.1) is 0 Å². The number of halogens is 2. The van der Waals surface area contributed by atoms with E-state index >= 15 is 0 Å². The van der Waals surface area contributed by atoms with Crippen molar-refractivity contribution in [2.45, 2.75) is 17.7 Å². The Bertz CT molecular complexity index is 1040. The number of hydrogen-bond acceptors (Lipinski definition) is 5. The zero-order valence-corrected chi connectivity index (χ0v) is 18.2. The van der Waals surface area contributed by atoms with Gasteiger partial charge in [0.05, 0.1) is 4.90 Å². The first-order chi connectivity index (χ1) is 14.8. The van der Waals surface area contributed by atoms with Crippen LogP contribution in [0.2, 0.25) is 5.02 Å². The fourth-order valence-corrected chi connectivity index (χ4v) is 4.73. The summed E-state index contributed by atoms with van der Waals surface area (Å²) in [5, 5.41) is 0.442. The van der Waals surface area contributed by atoms with Crippen molar-refractivity contribution in [3.05, 3.63) is 64.9 Å². The maximum atomic E-state index is 13.6. The number of ether oxygens (including phenoxy) is 1. The lowest BCUT2D eigenvalue weighted by molar-refractivity contribution is -0.152. The van der Waals surface area contributed by atoms with Crippen LogP contribution < -0.4 is 0 Å². The van der Waals surface area contributed by atoms with Crippen LogP contribution in [0.5, 0.6) is 0 Å². The number of amides is 1. The molecule has 2 aromatic rings. The van der Waals surface area contributed by atoms with Crippen LogP contribution in [0.1, 0.15) is 12.0 Å². The Hall–Kier alpha value is -2.49. The zero-order chi connectivity index (χ0) is 22.4. The summed E-state index contributed by atoms with van der Waals surface area (Å²) in [5.41, 5.74) is 0.406. The van der Waals surface area contributed by atoms with Gasteiger partial charge in [0.2, 0.25) is 10.0 Å². The monoisotopic (exact) mass is 468 g/mol. The number of sulfonamides is 1. The predicted molar refractivity (Wildman–Crippen MR) is 112 cm³/mol. The number of aryl methyl sites for hydroxylation is 1. The lowest BCUT2D eigenvalue weighted by atomic mass is 10.1. The van der Waals surface area contributed by atoms with Crippen molar-refractivity contribution in [3.8, 4) is 0 Å². The molecule has 0 atom stereocenters. The quantitative estimate of drug-likeness (QED) is 0.583. The van der Waals surface area contributed by atoms with Gasteiger partial charge >= 0.3 is 5.97 Å². The van der Waals surface area contributed by atoms with Crippen molar-refractivity contribution >= 4 is 33.5 Å². The number of esters is 1. The molecule has 1 heterocycles. The lowest BCUT2D eigenvalue weighted by Crippen LogP contribution is -2.51. The molecule has 1 aliphatic heterocycles. The summed E-state index contributed by atoms with van der Waals surface area (Å²) in [6.45, 7) is 0.229. The molecule has 1 saturated heterocycles. The molecule has 0 aliphatic carbocycles. The maximum Gasteiger partial charge on any atom is 0.306 e. The van der Waals surface area contributed by atoms with Crippen molar-refractivity contribution in [2.75, 3.05) is 32.8 Å². The number of carbonyl (C=O) groups is 2. The highest BCUT2D eigenvalue weighted by Gasteiger charge is 2.30. The minimum absolute atomic E-state index is 0.0404. The summed E-state index contributed by atoms with van der Waals surface area (Å²) < 4.78 is 45.2. The van der Waals surface area contributed by atoms with E-state index in [1.807, 2.05) is 0 Å². The molecular formula is C21H22ClFN2O5S. The molecule has 1 amide bonds. The van der Waals surface area contributed by atoms with E-state index in [2.05, 4.69) is 0 Å². The molecule has 0 bridgehead atoms. The average Bonchev–Trinajstić information content (AvgIpc) is 2.77. The average molecular weight is 469 g/mol. The van der Waals surface area contributed by atoms with E-state index in [4.69, 9.17) is 16.3 Å². The molecule has 3 rings (SSSR count). The Kier molecular flexibility index (Phi) is 7.64. The van der Waals surface area contributed by atoms with Crippen LogP contribution in [0, 0.1) is 5.82 Å². The van der Waals surface area contributed by atoms with Gasteiger partial charge in [0.25, 0.3) is 5.91 Å². The van der Waals surface area contributed by atoms with E-state index in [0.29, 0.717) is 10.6 Å². The minimum atomic E-state index is -3.67. The molecule has 166 valence electrons. The second-order valence-corrected chi connectivity index (χ2v) is 9.37. The van der Waals surface area contributed by atoms with E-state index in [1.165, 1.54) is 39.5 Å². The maximum absolute atomic E-state index is 13.6. The highest BCUT2D eigenvalue weighted by Crippen LogP contribution is 2.20. The van der Waals surface area contributed by atoms with Crippen LogP contribution in [0.4, 0.5) is 4.39 Å². The highest BCUT2D eigenvalue weighted by molar-refractivity contribution is 7.89. The fourth-order valence-electron chi connectivity index (χ4n) is 3.18. The van der Waals surface area contributed by atoms with Crippen molar-refractivity contribution in [1.29, 1.82) is 0 Å². The Labute approximate surface area is 185 Å². The summed E-state index contributed by atoms with van der Waals surface area (Å²) in [6, 6.07) is 12.0.